The van der Waals surface area contributed by atoms with E-state index in [1.807, 2.05) is 18.2 Å². The van der Waals surface area contributed by atoms with E-state index in [9.17, 15) is 0 Å². The average molecular weight is 316 g/mol. The molecule has 2 unspecified atom stereocenters. The Balaban J connectivity index is 1.99. The summed E-state index contributed by atoms with van der Waals surface area (Å²) in [5.41, 5.74) is 1.13. The Labute approximate surface area is 131 Å². The van der Waals surface area contributed by atoms with Gasteiger partial charge in [-0.2, -0.15) is 0 Å². The zero-order valence-electron chi connectivity index (χ0n) is 12.0. The van der Waals surface area contributed by atoms with Crippen LogP contribution in [0.2, 0.25) is 10.0 Å². The van der Waals surface area contributed by atoms with Gasteiger partial charge < -0.3 is 10.1 Å². The summed E-state index contributed by atoms with van der Waals surface area (Å²) in [6.45, 7) is 5.03. The molecule has 1 N–H and O–H groups in total. The molecule has 0 spiro atoms. The second kappa shape index (κ2) is 8.23. The first-order chi connectivity index (χ1) is 9.69. The van der Waals surface area contributed by atoms with Crippen molar-refractivity contribution in [2.75, 3.05) is 19.8 Å². The van der Waals surface area contributed by atoms with Crippen LogP contribution in [0.25, 0.3) is 0 Å². The Hall–Kier alpha value is -0.280. The van der Waals surface area contributed by atoms with Gasteiger partial charge in [0.15, 0.2) is 0 Å². The SMILES string of the molecule is CCCNC(Cc1cc(Cl)ccc1Cl)CC1CCOC1. The first-order valence-electron chi connectivity index (χ1n) is 7.44. The monoisotopic (exact) mass is 315 g/mol. The third-order valence-corrected chi connectivity index (χ3v) is 4.40. The van der Waals surface area contributed by atoms with E-state index in [0.717, 1.165) is 54.6 Å². The van der Waals surface area contributed by atoms with E-state index in [4.69, 9.17) is 27.9 Å². The number of rotatable bonds is 7. The summed E-state index contributed by atoms with van der Waals surface area (Å²) < 4.78 is 5.48. The Morgan fingerprint density at radius 2 is 2.25 bits per heavy atom. The van der Waals surface area contributed by atoms with Crippen LogP contribution >= 0.6 is 23.2 Å². The standard InChI is InChI=1S/C16H23Cl2NO/c1-2-6-19-15(8-12-5-7-20-11-12)10-13-9-14(17)3-4-16(13)18/h3-4,9,12,15,19H,2,5-8,10-11H2,1H3. The lowest BCUT2D eigenvalue weighted by Gasteiger charge is -2.22. The molecule has 0 aliphatic carbocycles. The van der Waals surface area contributed by atoms with Crippen LogP contribution in [-0.2, 0) is 11.2 Å². The molecule has 1 aliphatic rings. The van der Waals surface area contributed by atoms with E-state index >= 15 is 0 Å². The fourth-order valence-electron chi connectivity index (χ4n) is 2.72. The van der Waals surface area contributed by atoms with E-state index in [1.165, 1.54) is 6.42 Å². The summed E-state index contributed by atoms with van der Waals surface area (Å²) in [5.74, 6) is 0.669. The van der Waals surface area contributed by atoms with Crippen LogP contribution in [0, 0.1) is 5.92 Å². The van der Waals surface area contributed by atoms with Crippen molar-refractivity contribution in [2.24, 2.45) is 5.92 Å². The summed E-state index contributed by atoms with van der Waals surface area (Å²) in [6.07, 6.45) is 4.38. The second-order valence-electron chi connectivity index (χ2n) is 5.56. The van der Waals surface area contributed by atoms with Gasteiger partial charge >= 0.3 is 0 Å². The van der Waals surface area contributed by atoms with Crippen molar-refractivity contribution in [2.45, 2.75) is 38.6 Å². The first kappa shape index (κ1) is 16.1. The Bertz CT molecular complexity index is 419. The van der Waals surface area contributed by atoms with Crippen molar-refractivity contribution < 1.29 is 4.74 Å². The molecule has 2 atom stereocenters. The molecule has 1 heterocycles. The maximum absolute atomic E-state index is 6.28. The minimum Gasteiger partial charge on any atom is -0.381 e. The van der Waals surface area contributed by atoms with Crippen molar-refractivity contribution in [3.63, 3.8) is 0 Å². The zero-order chi connectivity index (χ0) is 14.4. The molecule has 0 bridgehead atoms. The van der Waals surface area contributed by atoms with Gasteiger partial charge in [-0.15, -0.1) is 0 Å². The largest absolute Gasteiger partial charge is 0.381 e. The highest BCUT2D eigenvalue weighted by Gasteiger charge is 2.21. The van der Waals surface area contributed by atoms with Crippen LogP contribution in [0.15, 0.2) is 18.2 Å². The minimum atomic E-state index is 0.442. The van der Waals surface area contributed by atoms with Crippen LogP contribution in [-0.4, -0.2) is 25.8 Å². The van der Waals surface area contributed by atoms with E-state index < -0.39 is 0 Å². The molecular formula is C16H23Cl2NO. The van der Waals surface area contributed by atoms with Gasteiger partial charge in [-0.3, -0.25) is 0 Å². The van der Waals surface area contributed by atoms with Crippen molar-refractivity contribution >= 4 is 23.2 Å². The highest BCUT2D eigenvalue weighted by Crippen LogP contribution is 2.25. The fraction of sp³-hybridized carbons (Fsp3) is 0.625. The molecule has 0 saturated carbocycles. The van der Waals surface area contributed by atoms with E-state index in [0.29, 0.717) is 12.0 Å². The molecule has 1 aromatic carbocycles. The molecule has 0 amide bonds. The molecule has 1 aliphatic heterocycles. The highest BCUT2D eigenvalue weighted by molar-refractivity contribution is 6.33. The van der Waals surface area contributed by atoms with Gasteiger partial charge in [0.25, 0.3) is 0 Å². The molecule has 2 nitrogen and oxygen atoms in total. The maximum atomic E-state index is 6.28. The fourth-order valence-corrected chi connectivity index (χ4v) is 3.11. The molecule has 1 saturated heterocycles. The van der Waals surface area contributed by atoms with Crippen LogP contribution in [0.1, 0.15) is 31.7 Å². The lowest BCUT2D eigenvalue weighted by Crippen LogP contribution is -2.34. The van der Waals surface area contributed by atoms with Gasteiger partial charge in [-0.1, -0.05) is 30.1 Å². The molecule has 1 aromatic rings. The third kappa shape index (κ3) is 4.92. The summed E-state index contributed by atoms with van der Waals surface area (Å²) in [7, 11) is 0. The second-order valence-corrected chi connectivity index (χ2v) is 6.40. The van der Waals surface area contributed by atoms with Gasteiger partial charge in [-0.25, -0.2) is 0 Å². The van der Waals surface area contributed by atoms with Gasteiger partial charge in [0.2, 0.25) is 0 Å². The minimum absolute atomic E-state index is 0.442. The van der Waals surface area contributed by atoms with E-state index in [2.05, 4.69) is 12.2 Å². The summed E-state index contributed by atoms with van der Waals surface area (Å²) in [4.78, 5) is 0. The molecule has 1 fully saturated rings. The molecule has 20 heavy (non-hydrogen) atoms. The lowest BCUT2D eigenvalue weighted by molar-refractivity contribution is 0.181. The third-order valence-electron chi connectivity index (χ3n) is 3.80. The molecule has 0 radical (unpaired) electrons. The molecule has 2 rings (SSSR count). The molecule has 112 valence electrons. The molecular weight excluding hydrogens is 293 g/mol. The van der Waals surface area contributed by atoms with Crippen molar-refractivity contribution in [1.82, 2.24) is 5.32 Å². The van der Waals surface area contributed by atoms with Crippen molar-refractivity contribution in [1.29, 1.82) is 0 Å². The normalized spacial score (nSPS) is 20.2. The summed E-state index contributed by atoms with van der Waals surface area (Å²) in [5, 5.41) is 5.19. The number of nitrogens with one attached hydrogen (secondary N) is 1. The first-order valence-corrected chi connectivity index (χ1v) is 8.19. The lowest BCUT2D eigenvalue weighted by atomic mass is 9.94. The maximum Gasteiger partial charge on any atom is 0.0495 e. The average Bonchev–Trinajstić information content (AvgIpc) is 2.93. The number of halogens is 2. The topological polar surface area (TPSA) is 21.3 Å². The van der Waals surface area contributed by atoms with Crippen LogP contribution in [0.4, 0.5) is 0 Å². The quantitative estimate of drug-likeness (QED) is 0.808. The van der Waals surface area contributed by atoms with Gasteiger partial charge in [0.05, 0.1) is 0 Å². The smallest absolute Gasteiger partial charge is 0.0495 e. The molecule has 4 heteroatoms. The predicted molar refractivity (Wildman–Crippen MR) is 85.8 cm³/mol. The van der Waals surface area contributed by atoms with Crippen LogP contribution < -0.4 is 5.32 Å². The van der Waals surface area contributed by atoms with Crippen molar-refractivity contribution in [3.8, 4) is 0 Å². The number of benzene rings is 1. The van der Waals surface area contributed by atoms with Crippen LogP contribution in [0.5, 0.6) is 0 Å². The Morgan fingerprint density at radius 3 is 2.95 bits per heavy atom. The van der Waals surface area contributed by atoms with Gasteiger partial charge in [-0.05, 0) is 61.9 Å². The van der Waals surface area contributed by atoms with Crippen LogP contribution in [0.3, 0.4) is 0 Å². The number of hydrogen-bond donors (Lipinski definition) is 1. The summed E-state index contributed by atoms with van der Waals surface area (Å²) in [6, 6.07) is 6.15. The summed E-state index contributed by atoms with van der Waals surface area (Å²) >= 11 is 12.4. The Kier molecular flexibility index (Phi) is 6.63. The molecule has 0 aromatic heterocycles. The number of ether oxygens (including phenoxy) is 1. The van der Waals surface area contributed by atoms with Crippen molar-refractivity contribution in [3.05, 3.63) is 33.8 Å². The predicted octanol–water partition coefficient (Wildman–Crippen LogP) is 4.33. The van der Waals surface area contributed by atoms with Gasteiger partial charge in [0.1, 0.15) is 0 Å². The highest BCUT2D eigenvalue weighted by atomic mass is 35.5. The number of hydrogen-bond acceptors (Lipinski definition) is 2. The Morgan fingerprint density at radius 1 is 1.40 bits per heavy atom. The zero-order valence-corrected chi connectivity index (χ0v) is 13.5. The van der Waals surface area contributed by atoms with E-state index in [-0.39, 0.29) is 0 Å². The van der Waals surface area contributed by atoms with Gasteiger partial charge in [0, 0.05) is 29.3 Å². The van der Waals surface area contributed by atoms with E-state index in [1.54, 1.807) is 0 Å².